The predicted octanol–water partition coefficient (Wildman–Crippen LogP) is 0.579. The highest BCUT2D eigenvalue weighted by Crippen LogP contribution is 2.08. The van der Waals surface area contributed by atoms with Gasteiger partial charge in [-0.2, -0.15) is 0 Å². The van der Waals surface area contributed by atoms with Gasteiger partial charge in [0.1, 0.15) is 5.54 Å². The van der Waals surface area contributed by atoms with Crippen LogP contribution in [0.15, 0.2) is 0 Å². The zero-order chi connectivity index (χ0) is 12.6. The Kier molecular flexibility index (Phi) is 7.29. The molecule has 0 aromatic carbocycles. The molecule has 0 aromatic heterocycles. The molecule has 0 amide bonds. The number of nitrogens with one attached hydrogen (secondary N) is 1. The molecule has 0 saturated carbocycles. The van der Waals surface area contributed by atoms with Crippen LogP contribution >= 0.6 is 0 Å². The summed E-state index contributed by atoms with van der Waals surface area (Å²) >= 11 is 0. The Morgan fingerprint density at radius 3 is 2.38 bits per heavy atom. The number of rotatable bonds is 8. The van der Waals surface area contributed by atoms with Crippen LogP contribution < -0.4 is 5.32 Å². The third kappa shape index (κ3) is 5.44. The Labute approximate surface area is 97.4 Å². The number of hydrogen-bond donors (Lipinski definition) is 1. The molecule has 96 valence electrons. The van der Waals surface area contributed by atoms with Crippen molar-refractivity contribution in [3.63, 3.8) is 0 Å². The van der Waals surface area contributed by atoms with Crippen LogP contribution in [0, 0.1) is 0 Å². The zero-order valence-corrected chi connectivity index (χ0v) is 10.8. The maximum absolute atomic E-state index is 11.6. The summed E-state index contributed by atoms with van der Waals surface area (Å²) in [5, 5.41) is 3.14. The Morgan fingerprint density at radius 2 is 1.94 bits per heavy atom. The summed E-state index contributed by atoms with van der Waals surface area (Å²) in [5.74, 6) is -0.321. The van der Waals surface area contributed by atoms with Crippen molar-refractivity contribution in [2.45, 2.75) is 32.4 Å². The van der Waals surface area contributed by atoms with Crippen molar-refractivity contribution in [1.82, 2.24) is 5.32 Å². The van der Waals surface area contributed by atoms with Crippen LogP contribution in [0.1, 0.15) is 20.8 Å². The van der Waals surface area contributed by atoms with Crippen molar-refractivity contribution in [3.8, 4) is 0 Å². The highest BCUT2D eigenvalue weighted by molar-refractivity contribution is 5.80. The number of esters is 1. The lowest BCUT2D eigenvalue weighted by atomic mass is 10.0. The molecular formula is C11H23NO4. The quantitative estimate of drug-likeness (QED) is 0.491. The van der Waals surface area contributed by atoms with Gasteiger partial charge in [0.05, 0.1) is 26.9 Å². The molecule has 0 aromatic rings. The third-order valence-electron chi connectivity index (χ3n) is 2.07. The van der Waals surface area contributed by atoms with Crippen LogP contribution in [0.4, 0.5) is 0 Å². The number of carbonyl (C=O) groups is 1. The molecule has 0 fully saturated rings. The van der Waals surface area contributed by atoms with Gasteiger partial charge in [0.25, 0.3) is 0 Å². The van der Waals surface area contributed by atoms with Crippen LogP contribution in [0.2, 0.25) is 0 Å². The van der Waals surface area contributed by atoms with E-state index in [0.717, 1.165) is 0 Å². The largest absolute Gasteiger partial charge is 0.468 e. The van der Waals surface area contributed by atoms with E-state index < -0.39 is 5.54 Å². The second kappa shape index (κ2) is 7.60. The van der Waals surface area contributed by atoms with E-state index in [1.54, 1.807) is 14.0 Å². The smallest absolute Gasteiger partial charge is 0.328 e. The summed E-state index contributed by atoms with van der Waals surface area (Å²) in [7, 11) is 2.98. The Balaban J connectivity index is 4.25. The molecule has 1 N–H and O–H groups in total. The van der Waals surface area contributed by atoms with Gasteiger partial charge in [-0.1, -0.05) is 0 Å². The summed E-state index contributed by atoms with van der Waals surface area (Å²) in [6, 6.07) is 0.176. The number of methoxy groups -OCH3 is 2. The average molecular weight is 233 g/mol. The SMILES string of the molecule is COCCOCC(C)(NC(C)C)C(=O)OC. The van der Waals surface area contributed by atoms with Crippen LogP contribution in [-0.2, 0) is 19.0 Å². The average Bonchev–Trinajstić information content (AvgIpc) is 2.22. The molecule has 0 aliphatic heterocycles. The monoisotopic (exact) mass is 233 g/mol. The zero-order valence-electron chi connectivity index (χ0n) is 10.8. The van der Waals surface area contributed by atoms with E-state index in [2.05, 4.69) is 5.32 Å². The minimum atomic E-state index is -0.809. The van der Waals surface area contributed by atoms with Crippen LogP contribution in [-0.4, -0.2) is 51.6 Å². The maximum atomic E-state index is 11.6. The molecule has 0 aliphatic rings. The molecule has 16 heavy (non-hydrogen) atoms. The molecule has 5 heteroatoms. The molecular weight excluding hydrogens is 210 g/mol. The lowest BCUT2D eigenvalue weighted by Gasteiger charge is -2.29. The third-order valence-corrected chi connectivity index (χ3v) is 2.07. The van der Waals surface area contributed by atoms with Gasteiger partial charge >= 0.3 is 5.97 Å². The van der Waals surface area contributed by atoms with Gasteiger partial charge < -0.3 is 14.2 Å². The highest BCUT2D eigenvalue weighted by atomic mass is 16.5. The standard InChI is InChI=1S/C11H23NO4/c1-9(2)12-11(3,10(13)15-5)8-16-7-6-14-4/h9,12H,6-8H2,1-5H3. The van der Waals surface area contributed by atoms with Crippen molar-refractivity contribution in [3.05, 3.63) is 0 Å². The molecule has 0 saturated heterocycles. The Bertz CT molecular complexity index is 208. The summed E-state index contributed by atoms with van der Waals surface area (Å²) in [6.07, 6.45) is 0. The lowest BCUT2D eigenvalue weighted by molar-refractivity contribution is -0.151. The normalized spacial score (nSPS) is 14.9. The van der Waals surface area contributed by atoms with Gasteiger partial charge in [-0.25, -0.2) is 4.79 Å². The second-order valence-corrected chi connectivity index (χ2v) is 4.17. The molecule has 0 radical (unpaired) electrons. The molecule has 0 heterocycles. The first-order chi connectivity index (χ1) is 7.46. The molecule has 1 atom stereocenters. The summed E-state index contributed by atoms with van der Waals surface area (Å²) in [4.78, 5) is 11.6. The van der Waals surface area contributed by atoms with E-state index in [0.29, 0.717) is 13.2 Å². The second-order valence-electron chi connectivity index (χ2n) is 4.17. The minimum Gasteiger partial charge on any atom is -0.468 e. The fourth-order valence-electron chi connectivity index (χ4n) is 1.44. The summed E-state index contributed by atoms with van der Waals surface area (Å²) in [6.45, 7) is 6.95. The molecule has 1 unspecified atom stereocenters. The van der Waals surface area contributed by atoms with Gasteiger partial charge in [-0.05, 0) is 20.8 Å². The summed E-state index contributed by atoms with van der Waals surface area (Å²) in [5.41, 5.74) is -0.809. The van der Waals surface area contributed by atoms with E-state index in [4.69, 9.17) is 14.2 Å². The van der Waals surface area contributed by atoms with Crippen molar-refractivity contribution in [2.24, 2.45) is 0 Å². The van der Waals surface area contributed by atoms with E-state index in [9.17, 15) is 4.79 Å². The molecule has 0 rings (SSSR count). The fourth-order valence-corrected chi connectivity index (χ4v) is 1.44. The van der Waals surface area contributed by atoms with Gasteiger partial charge in [0, 0.05) is 13.2 Å². The molecule has 0 spiro atoms. The van der Waals surface area contributed by atoms with Crippen molar-refractivity contribution < 1.29 is 19.0 Å². The maximum Gasteiger partial charge on any atom is 0.328 e. The van der Waals surface area contributed by atoms with Gasteiger partial charge in [-0.15, -0.1) is 0 Å². The first-order valence-electron chi connectivity index (χ1n) is 5.39. The van der Waals surface area contributed by atoms with Gasteiger partial charge in [0.2, 0.25) is 0 Å². The van der Waals surface area contributed by atoms with Crippen LogP contribution in [0.25, 0.3) is 0 Å². The van der Waals surface area contributed by atoms with E-state index in [1.165, 1.54) is 7.11 Å². The fraction of sp³-hybridized carbons (Fsp3) is 0.909. The Hall–Kier alpha value is -0.650. The Morgan fingerprint density at radius 1 is 1.31 bits per heavy atom. The molecule has 0 aliphatic carbocycles. The molecule has 5 nitrogen and oxygen atoms in total. The number of ether oxygens (including phenoxy) is 3. The number of hydrogen-bond acceptors (Lipinski definition) is 5. The van der Waals surface area contributed by atoms with Gasteiger partial charge in [0.15, 0.2) is 0 Å². The first kappa shape index (κ1) is 15.3. The predicted molar refractivity (Wildman–Crippen MR) is 61.4 cm³/mol. The van der Waals surface area contributed by atoms with Crippen molar-refractivity contribution in [2.75, 3.05) is 34.0 Å². The van der Waals surface area contributed by atoms with Crippen LogP contribution in [0.5, 0.6) is 0 Å². The van der Waals surface area contributed by atoms with E-state index >= 15 is 0 Å². The van der Waals surface area contributed by atoms with Crippen molar-refractivity contribution >= 4 is 5.97 Å². The summed E-state index contributed by atoms with van der Waals surface area (Å²) < 4.78 is 15.0. The first-order valence-corrected chi connectivity index (χ1v) is 5.39. The van der Waals surface area contributed by atoms with Crippen molar-refractivity contribution in [1.29, 1.82) is 0 Å². The lowest BCUT2D eigenvalue weighted by Crippen LogP contribution is -2.56. The van der Waals surface area contributed by atoms with E-state index in [-0.39, 0.29) is 18.6 Å². The molecule has 0 bridgehead atoms. The number of carbonyl (C=O) groups excluding carboxylic acids is 1. The topological polar surface area (TPSA) is 56.8 Å². The van der Waals surface area contributed by atoms with Crippen LogP contribution in [0.3, 0.4) is 0 Å². The van der Waals surface area contributed by atoms with E-state index in [1.807, 2.05) is 13.8 Å². The highest BCUT2D eigenvalue weighted by Gasteiger charge is 2.35. The minimum absolute atomic E-state index is 0.176. The van der Waals surface area contributed by atoms with Gasteiger partial charge in [-0.3, -0.25) is 5.32 Å².